The van der Waals surface area contributed by atoms with Crippen molar-refractivity contribution in [1.29, 1.82) is 0 Å². The molecule has 5 rings (SSSR count). The van der Waals surface area contributed by atoms with Gasteiger partial charge in [0.15, 0.2) is 10.9 Å². The van der Waals surface area contributed by atoms with Crippen molar-refractivity contribution in [1.82, 2.24) is 9.55 Å². The van der Waals surface area contributed by atoms with E-state index in [1.807, 2.05) is 113 Å². The molecule has 4 aromatic carbocycles. The Morgan fingerprint density at radius 1 is 0.784 bits per heavy atom. The zero-order chi connectivity index (χ0) is 26.1. The number of aromatic nitrogens is 2. The molecule has 0 fully saturated rings. The van der Waals surface area contributed by atoms with E-state index < -0.39 is 5.25 Å². The molecule has 5 heteroatoms. The third-order valence-electron chi connectivity index (χ3n) is 6.74. The van der Waals surface area contributed by atoms with Gasteiger partial charge in [-0.2, -0.15) is 0 Å². The van der Waals surface area contributed by atoms with E-state index in [2.05, 4.69) is 0 Å². The molecule has 1 aromatic heterocycles. The lowest BCUT2D eigenvalue weighted by Crippen LogP contribution is -2.23. The van der Waals surface area contributed by atoms with Gasteiger partial charge < -0.3 is 0 Å². The molecular weight excluding hydrogens is 476 g/mol. The van der Waals surface area contributed by atoms with Crippen LogP contribution in [0.5, 0.6) is 0 Å². The number of nitrogens with zero attached hydrogens (tertiary/aromatic N) is 2. The van der Waals surface area contributed by atoms with Gasteiger partial charge in [-0.05, 0) is 62.6 Å². The second-order valence-electron chi connectivity index (χ2n) is 9.41. The van der Waals surface area contributed by atoms with Crippen molar-refractivity contribution in [2.75, 3.05) is 0 Å². The molecular formula is C32H28N2O2S. The monoisotopic (exact) mass is 504 g/mol. The summed E-state index contributed by atoms with van der Waals surface area (Å²) >= 11 is 1.32. The number of ketones is 1. The van der Waals surface area contributed by atoms with Gasteiger partial charge in [0, 0.05) is 5.56 Å². The molecule has 1 heterocycles. The van der Waals surface area contributed by atoms with Crippen LogP contribution in [0.2, 0.25) is 0 Å². The van der Waals surface area contributed by atoms with Crippen LogP contribution >= 0.6 is 11.8 Å². The van der Waals surface area contributed by atoms with Crippen LogP contribution in [0.15, 0.2) is 101 Å². The molecule has 0 unspecified atom stereocenters. The van der Waals surface area contributed by atoms with Crippen LogP contribution in [0.3, 0.4) is 0 Å². The van der Waals surface area contributed by atoms with Gasteiger partial charge in [-0.25, -0.2) is 4.98 Å². The molecule has 0 aliphatic rings. The normalized spacial score (nSPS) is 12.0. The largest absolute Gasteiger partial charge is 0.293 e. The molecule has 0 saturated carbocycles. The van der Waals surface area contributed by atoms with Crippen molar-refractivity contribution in [2.45, 2.75) is 38.1 Å². The lowest BCUT2D eigenvalue weighted by atomic mass is 10.0. The van der Waals surface area contributed by atoms with Gasteiger partial charge in [0.25, 0.3) is 5.56 Å². The first kappa shape index (κ1) is 24.7. The van der Waals surface area contributed by atoms with Crippen LogP contribution in [-0.4, -0.2) is 15.3 Å². The topological polar surface area (TPSA) is 52.0 Å². The molecule has 37 heavy (non-hydrogen) atoms. The van der Waals surface area contributed by atoms with Crippen molar-refractivity contribution in [3.63, 3.8) is 0 Å². The molecule has 4 nitrogen and oxygen atoms in total. The quantitative estimate of drug-likeness (QED) is 0.138. The smallest absolute Gasteiger partial charge is 0.266 e. The van der Waals surface area contributed by atoms with Crippen LogP contribution in [0.25, 0.3) is 16.6 Å². The summed E-state index contributed by atoms with van der Waals surface area (Å²) in [5.74, 6) is -0.0243. The Kier molecular flexibility index (Phi) is 6.81. The summed E-state index contributed by atoms with van der Waals surface area (Å²) < 4.78 is 1.67. The van der Waals surface area contributed by atoms with Crippen molar-refractivity contribution < 1.29 is 4.79 Å². The van der Waals surface area contributed by atoms with Gasteiger partial charge in [-0.3, -0.25) is 14.2 Å². The van der Waals surface area contributed by atoms with Gasteiger partial charge in [0.1, 0.15) is 5.25 Å². The van der Waals surface area contributed by atoms with E-state index in [-0.39, 0.29) is 11.3 Å². The molecule has 184 valence electrons. The molecule has 0 aliphatic carbocycles. The number of thioether (sulfide) groups is 1. The second kappa shape index (κ2) is 10.2. The number of carbonyl (C=O) groups is 1. The van der Waals surface area contributed by atoms with Crippen LogP contribution in [0.4, 0.5) is 0 Å². The fraction of sp³-hybridized carbons (Fsp3) is 0.156. The van der Waals surface area contributed by atoms with Crippen molar-refractivity contribution in [3.8, 4) is 5.69 Å². The van der Waals surface area contributed by atoms with E-state index in [4.69, 9.17) is 4.98 Å². The Bertz CT molecular complexity index is 1670. The highest BCUT2D eigenvalue weighted by atomic mass is 32.2. The average Bonchev–Trinajstić information content (AvgIpc) is 2.90. The molecule has 0 amide bonds. The minimum absolute atomic E-state index is 0.0243. The van der Waals surface area contributed by atoms with E-state index in [0.29, 0.717) is 21.6 Å². The summed E-state index contributed by atoms with van der Waals surface area (Å²) in [6.45, 7) is 8.07. The van der Waals surface area contributed by atoms with Gasteiger partial charge in [-0.1, -0.05) is 95.7 Å². The molecule has 5 aromatic rings. The molecule has 1 atom stereocenters. The van der Waals surface area contributed by atoms with E-state index in [9.17, 15) is 9.59 Å². The predicted octanol–water partition coefficient (Wildman–Crippen LogP) is 7.34. The number of aryl methyl sites for hydroxylation is 3. The van der Waals surface area contributed by atoms with Crippen molar-refractivity contribution in [3.05, 3.63) is 135 Å². The predicted molar refractivity (Wildman–Crippen MR) is 152 cm³/mol. The second-order valence-corrected chi connectivity index (χ2v) is 10.5. The summed E-state index contributed by atoms with van der Waals surface area (Å²) in [5, 5.41) is 0.459. The summed E-state index contributed by atoms with van der Waals surface area (Å²) in [5.41, 5.74) is 7.04. The van der Waals surface area contributed by atoms with E-state index in [0.717, 1.165) is 33.5 Å². The van der Waals surface area contributed by atoms with Crippen LogP contribution in [0.1, 0.15) is 43.4 Å². The van der Waals surface area contributed by atoms with Crippen molar-refractivity contribution in [2.24, 2.45) is 0 Å². The Balaban J connectivity index is 1.73. The summed E-state index contributed by atoms with van der Waals surface area (Å²) in [6, 6.07) is 28.9. The molecule has 0 aliphatic heterocycles. The highest BCUT2D eigenvalue weighted by molar-refractivity contribution is 8.00. The summed E-state index contributed by atoms with van der Waals surface area (Å²) in [4.78, 5) is 32.7. The van der Waals surface area contributed by atoms with E-state index >= 15 is 0 Å². The molecule has 0 bridgehead atoms. The summed E-state index contributed by atoms with van der Waals surface area (Å²) in [7, 11) is 0. The third-order valence-corrected chi connectivity index (χ3v) is 7.95. The van der Waals surface area contributed by atoms with Gasteiger partial charge in [-0.15, -0.1) is 0 Å². The number of Topliss-reactive ketones (excluding diaryl/α,β-unsaturated/α-hetero) is 1. The standard InChI is InChI=1S/C32H28N2O2S/c1-20-12-16-24(17-13-20)29(35)30(25-18-14-21(2)15-19-25)37-32-33-27-10-6-5-9-26(27)31(36)34(32)28-11-7-8-22(3)23(28)4/h5-19,30H,1-4H3/t30-/m1/s1. The van der Waals surface area contributed by atoms with Crippen LogP contribution < -0.4 is 5.56 Å². The number of hydrogen-bond acceptors (Lipinski definition) is 4. The van der Waals surface area contributed by atoms with Gasteiger partial charge >= 0.3 is 0 Å². The Morgan fingerprint density at radius 2 is 1.43 bits per heavy atom. The van der Waals surface area contributed by atoms with Gasteiger partial charge in [0.05, 0.1) is 16.6 Å². The highest BCUT2D eigenvalue weighted by Gasteiger charge is 2.27. The summed E-state index contributed by atoms with van der Waals surface area (Å²) in [6.07, 6.45) is 0. The minimum Gasteiger partial charge on any atom is -0.293 e. The van der Waals surface area contributed by atoms with Crippen molar-refractivity contribution >= 4 is 28.4 Å². The average molecular weight is 505 g/mol. The number of benzene rings is 4. The van der Waals surface area contributed by atoms with E-state index in [1.165, 1.54) is 11.8 Å². The number of rotatable bonds is 6. The fourth-order valence-corrected chi connectivity index (χ4v) is 5.56. The number of fused-ring (bicyclic) bond motifs is 1. The lowest BCUT2D eigenvalue weighted by Gasteiger charge is -2.20. The first-order valence-corrected chi connectivity index (χ1v) is 13.1. The minimum atomic E-state index is -0.576. The maximum absolute atomic E-state index is 13.9. The zero-order valence-electron chi connectivity index (χ0n) is 21.4. The fourth-order valence-electron chi connectivity index (χ4n) is 4.37. The molecule has 0 N–H and O–H groups in total. The molecule has 0 radical (unpaired) electrons. The first-order valence-electron chi connectivity index (χ1n) is 12.3. The van der Waals surface area contributed by atoms with E-state index in [1.54, 1.807) is 10.6 Å². The van der Waals surface area contributed by atoms with Gasteiger partial charge in [0.2, 0.25) is 0 Å². The number of para-hydroxylation sites is 1. The lowest BCUT2D eigenvalue weighted by molar-refractivity contribution is 0.0989. The number of hydrogen-bond donors (Lipinski definition) is 0. The maximum Gasteiger partial charge on any atom is 0.266 e. The highest BCUT2D eigenvalue weighted by Crippen LogP contribution is 2.38. The Labute approximate surface area is 221 Å². The maximum atomic E-state index is 13.9. The Hall–Kier alpha value is -3.96. The SMILES string of the molecule is Cc1ccc(C(=O)[C@H](Sc2nc3ccccc3c(=O)n2-c2cccc(C)c2C)c2ccc(C)cc2)cc1. The zero-order valence-corrected chi connectivity index (χ0v) is 22.2. The number of carbonyl (C=O) groups excluding carboxylic acids is 1. The first-order chi connectivity index (χ1) is 17.8. The molecule has 0 saturated heterocycles. The third kappa shape index (κ3) is 4.87. The van der Waals surface area contributed by atoms with Crippen LogP contribution in [-0.2, 0) is 0 Å². The van der Waals surface area contributed by atoms with Crippen LogP contribution in [0, 0.1) is 27.7 Å². The Morgan fingerprint density at radius 3 is 2.14 bits per heavy atom. The molecule has 0 spiro atoms.